The number of amides is 2. The van der Waals surface area contributed by atoms with E-state index in [0.29, 0.717) is 56.5 Å². The zero-order chi connectivity index (χ0) is 31.6. The third kappa shape index (κ3) is 8.40. The van der Waals surface area contributed by atoms with Crippen molar-refractivity contribution in [2.75, 3.05) is 53.2 Å². The quantitative estimate of drug-likeness (QED) is 0.303. The van der Waals surface area contributed by atoms with Crippen molar-refractivity contribution in [3.05, 3.63) is 90.0 Å². The minimum Gasteiger partial charge on any atom is -0.497 e. The zero-order valence-electron chi connectivity index (χ0n) is 25.3. The molecule has 3 aromatic rings. The number of sulfonamides is 1. The Kier molecular flexibility index (Phi) is 11.1. The average Bonchev–Trinajstić information content (AvgIpc) is 3.61. The largest absolute Gasteiger partial charge is 0.497 e. The molecule has 12 heteroatoms. The highest BCUT2D eigenvalue weighted by Gasteiger charge is 2.33. The van der Waals surface area contributed by atoms with E-state index < -0.39 is 22.0 Å². The number of hydrogen-bond acceptors (Lipinski definition) is 8. The van der Waals surface area contributed by atoms with Gasteiger partial charge in [-0.2, -0.15) is 4.31 Å². The van der Waals surface area contributed by atoms with Crippen LogP contribution in [0.15, 0.2) is 83.8 Å². The maximum atomic E-state index is 13.9. The Morgan fingerprint density at radius 1 is 0.956 bits per heavy atom. The van der Waals surface area contributed by atoms with Crippen LogP contribution in [0.2, 0.25) is 0 Å². The van der Waals surface area contributed by atoms with Gasteiger partial charge in [0.15, 0.2) is 6.61 Å². The first-order chi connectivity index (χ1) is 21.8. The molecule has 5 rings (SSSR count). The number of ether oxygens (including phenoxy) is 4. The van der Waals surface area contributed by atoms with E-state index in [1.54, 1.807) is 19.2 Å². The van der Waals surface area contributed by atoms with Crippen molar-refractivity contribution in [3.8, 4) is 11.5 Å². The van der Waals surface area contributed by atoms with Crippen molar-refractivity contribution in [2.24, 2.45) is 0 Å². The minimum atomic E-state index is -3.67. The Hall–Kier alpha value is -3.97. The van der Waals surface area contributed by atoms with Gasteiger partial charge < -0.3 is 29.2 Å². The summed E-state index contributed by atoms with van der Waals surface area (Å²) in [6.45, 7) is 2.08. The fourth-order valence-electron chi connectivity index (χ4n) is 5.35. The first-order valence-electron chi connectivity index (χ1n) is 15.0. The lowest BCUT2D eigenvalue weighted by atomic mass is 10.0. The topological polar surface area (TPSA) is 124 Å². The Morgan fingerprint density at radius 3 is 2.29 bits per heavy atom. The molecule has 0 saturated carbocycles. The molecule has 2 aliphatic rings. The van der Waals surface area contributed by atoms with Crippen LogP contribution < -0.4 is 14.8 Å². The van der Waals surface area contributed by atoms with Crippen LogP contribution in [0, 0.1) is 0 Å². The first-order valence-corrected chi connectivity index (χ1v) is 16.5. The lowest BCUT2D eigenvalue weighted by Crippen LogP contribution is -2.46. The van der Waals surface area contributed by atoms with Gasteiger partial charge in [0.25, 0.3) is 5.91 Å². The van der Waals surface area contributed by atoms with Gasteiger partial charge in [-0.1, -0.05) is 42.5 Å². The zero-order valence-corrected chi connectivity index (χ0v) is 26.1. The van der Waals surface area contributed by atoms with Crippen molar-refractivity contribution < 1.29 is 37.0 Å². The van der Waals surface area contributed by atoms with E-state index in [2.05, 4.69) is 5.32 Å². The lowest BCUT2D eigenvalue weighted by Gasteiger charge is -2.32. The number of hydrogen-bond donors (Lipinski definition) is 1. The number of nitrogens with zero attached hydrogens (tertiary/aromatic N) is 2. The minimum absolute atomic E-state index is 0.0607. The molecule has 0 spiro atoms. The summed E-state index contributed by atoms with van der Waals surface area (Å²) in [5, 5.41) is 3.00. The molecule has 3 aromatic carbocycles. The van der Waals surface area contributed by atoms with Crippen molar-refractivity contribution in [1.29, 1.82) is 0 Å². The van der Waals surface area contributed by atoms with Crippen molar-refractivity contribution in [2.45, 2.75) is 36.4 Å². The van der Waals surface area contributed by atoms with Crippen LogP contribution in [0.1, 0.15) is 30.0 Å². The summed E-state index contributed by atoms with van der Waals surface area (Å²) in [6.07, 6.45) is 1.75. The van der Waals surface area contributed by atoms with Crippen LogP contribution >= 0.6 is 0 Å². The molecule has 0 bridgehead atoms. The molecular weight excluding hydrogens is 598 g/mol. The molecule has 2 saturated heterocycles. The van der Waals surface area contributed by atoms with Gasteiger partial charge in [-0.3, -0.25) is 9.59 Å². The molecule has 0 aliphatic carbocycles. The van der Waals surface area contributed by atoms with Gasteiger partial charge in [-0.25, -0.2) is 8.42 Å². The molecule has 240 valence electrons. The Balaban J connectivity index is 1.35. The van der Waals surface area contributed by atoms with Gasteiger partial charge in [0, 0.05) is 32.8 Å². The number of nitrogens with one attached hydrogen (secondary N) is 1. The van der Waals surface area contributed by atoms with Gasteiger partial charge in [0.05, 0.1) is 31.3 Å². The summed E-state index contributed by atoms with van der Waals surface area (Å²) in [5.74, 6) is 0.258. The van der Waals surface area contributed by atoms with E-state index in [4.69, 9.17) is 18.9 Å². The van der Waals surface area contributed by atoms with E-state index >= 15 is 0 Å². The molecule has 2 fully saturated rings. The van der Waals surface area contributed by atoms with Crippen molar-refractivity contribution in [1.82, 2.24) is 14.5 Å². The van der Waals surface area contributed by atoms with Gasteiger partial charge >= 0.3 is 0 Å². The molecule has 1 N–H and O–H groups in total. The Morgan fingerprint density at radius 2 is 1.64 bits per heavy atom. The SMILES string of the molecule is COc1ccc(CN(C(=O)COc2ccc(S(=O)(=O)N3CCOCC3)cc2)[C@H](C(=O)NC[C@@H]2CCCO2)c2ccccc2)cc1. The number of carbonyl (C=O) groups excluding carboxylic acids is 2. The highest BCUT2D eigenvalue weighted by Crippen LogP contribution is 2.26. The number of morpholine rings is 1. The highest BCUT2D eigenvalue weighted by atomic mass is 32.2. The third-order valence-corrected chi connectivity index (χ3v) is 9.74. The Bertz CT molecular complexity index is 1510. The number of rotatable bonds is 13. The monoisotopic (exact) mass is 637 g/mol. The van der Waals surface area contributed by atoms with Crippen LogP contribution in [0.4, 0.5) is 0 Å². The number of methoxy groups -OCH3 is 1. The fourth-order valence-corrected chi connectivity index (χ4v) is 6.76. The highest BCUT2D eigenvalue weighted by molar-refractivity contribution is 7.89. The Labute approximate surface area is 264 Å². The molecule has 2 atom stereocenters. The third-order valence-electron chi connectivity index (χ3n) is 7.83. The molecule has 2 aliphatic heterocycles. The van der Waals surface area contributed by atoms with Gasteiger partial charge in [-0.05, 0) is 60.4 Å². The summed E-state index contributed by atoms with van der Waals surface area (Å²) >= 11 is 0. The second-order valence-electron chi connectivity index (χ2n) is 10.8. The summed E-state index contributed by atoms with van der Waals surface area (Å²) in [5.41, 5.74) is 1.46. The van der Waals surface area contributed by atoms with E-state index in [9.17, 15) is 18.0 Å². The van der Waals surface area contributed by atoms with Gasteiger partial charge in [0.1, 0.15) is 17.5 Å². The predicted molar refractivity (Wildman–Crippen MR) is 166 cm³/mol. The molecule has 11 nitrogen and oxygen atoms in total. The van der Waals surface area contributed by atoms with Crippen LogP contribution in [0.5, 0.6) is 11.5 Å². The van der Waals surface area contributed by atoms with E-state index in [0.717, 1.165) is 18.4 Å². The first kappa shape index (κ1) is 32.4. The number of carbonyl (C=O) groups is 2. The lowest BCUT2D eigenvalue weighted by molar-refractivity contribution is -0.143. The van der Waals surface area contributed by atoms with E-state index in [1.807, 2.05) is 42.5 Å². The molecule has 45 heavy (non-hydrogen) atoms. The van der Waals surface area contributed by atoms with Gasteiger partial charge in [0.2, 0.25) is 15.9 Å². The van der Waals surface area contributed by atoms with Crippen molar-refractivity contribution in [3.63, 3.8) is 0 Å². The molecule has 0 aromatic heterocycles. The number of benzene rings is 3. The maximum absolute atomic E-state index is 13.9. The molecule has 2 heterocycles. The standard InChI is InChI=1S/C33H39N3O8S/c1-41-27-11-9-25(10-12-27)23-36(32(26-6-3-2-4-7-26)33(38)34-22-29-8-5-19-43-29)31(37)24-44-28-13-15-30(16-14-28)45(39,40)35-17-20-42-21-18-35/h2-4,6-7,9-16,29,32H,5,8,17-24H2,1H3,(H,34,38)/t29-,32-/m0/s1. The second kappa shape index (κ2) is 15.3. The second-order valence-corrected chi connectivity index (χ2v) is 12.8. The van der Waals surface area contributed by atoms with E-state index in [-0.39, 0.29) is 30.1 Å². The summed E-state index contributed by atoms with van der Waals surface area (Å²) < 4.78 is 49.5. The smallest absolute Gasteiger partial charge is 0.261 e. The summed E-state index contributed by atoms with van der Waals surface area (Å²) in [7, 11) is -2.09. The maximum Gasteiger partial charge on any atom is 0.261 e. The van der Waals surface area contributed by atoms with Gasteiger partial charge in [-0.15, -0.1) is 0 Å². The van der Waals surface area contributed by atoms with Crippen LogP contribution in [0.25, 0.3) is 0 Å². The van der Waals surface area contributed by atoms with E-state index in [1.165, 1.54) is 33.5 Å². The van der Waals surface area contributed by atoms with Crippen LogP contribution in [0.3, 0.4) is 0 Å². The summed E-state index contributed by atoms with van der Waals surface area (Å²) in [6, 6.07) is 21.5. The summed E-state index contributed by atoms with van der Waals surface area (Å²) in [4.78, 5) is 29.3. The molecule has 0 unspecified atom stereocenters. The molecule has 0 radical (unpaired) electrons. The predicted octanol–water partition coefficient (Wildman–Crippen LogP) is 3.16. The van der Waals surface area contributed by atoms with Crippen molar-refractivity contribution >= 4 is 21.8 Å². The van der Waals surface area contributed by atoms with Crippen LogP contribution in [-0.2, 0) is 35.6 Å². The normalized spacial score (nSPS) is 17.8. The van der Waals surface area contributed by atoms with Crippen LogP contribution in [-0.4, -0.2) is 88.7 Å². The molecular formula is C33H39N3O8S. The molecule has 2 amide bonds. The average molecular weight is 638 g/mol. The fraction of sp³-hybridized carbons (Fsp3) is 0.394.